The number of carboxylic acids is 1. The number of halogens is 1. The van der Waals surface area contributed by atoms with Crippen molar-refractivity contribution in [3.05, 3.63) is 34.3 Å². The van der Waals surface area contributed by atoms with Crippen LogP contribution in [0.25, 0.3) is 0 Å². The van der Waals surface area contributed by atoms with Crippen molar-refractivity contribution >= 4 is 35.4 Å². The fourth-order valence-electron chi connectivity index (χ4n) is 2.16. The number of carbonyl (C=O) groups is 2. The lowest BCUT2D eigenvalue weighted by Gasteiger charge is -2.23. The molecule has 0 fully saturated rings. The van der Waals surface area contributed by atoms with Crippen LogP contribution in [0.3, 0.4) is 0 Å². The highest BCUT2D eigenvalue weighted by atomic mass is 79.9. The summed E-state index contributed by atoms with van der Waals surface area (Å²) in [7, 11) is -4.07. The Labute approximate surface area is 159 Å². The number of aliphatic carboxylic acids is 1. The molecule has 0 saturated carbocycles. The van der Waals surface area contributed by atoms with Crippen LogP contribution in [-0.2, 0) is 29.8 Å². The molecular weight excluding hydrogens is 431 g/mol. The molecule has 0 saturated heterocycles. The molecule has 0 bridgehead atoms. The highest BCUT2D eigenvalue weighted by Crippen LogP contribution is 2.49. The molecule has 4 atom stereocenters. The predicted molar refractivity (Wildman–Crippen MR) is 97.5 cm³/mol. The third kappa shape index (κ3) is 7.53. The molecule has 9 nitrogen and oxygen atoms in total. The topological polar surface area (TPSA) is 148 Å². The van der Waals surface area contributed by atoms with Crippen LogP contribution >= 0.6 is 23.5 Å². The van der Waals surface area contributed by atoms with Gasteiger partial charge in [-0.15, -0.1) is 0 Å². The van der Waals surface area contributed by atoms with E-state index in [9.17, 15) is 14.2 Å². The molecule has 0 aliphatic carbocycles. The van der Waals surface area contributed by atoms with Gasteiger partial charge in [-0.25, -0.2) is 5.26 Å². The van der Waals surface area contributed by atoms with Crippen molar-refractivity contribution in [3.63, 3.8) is 0 Å². The van der Waals surface area contributed by atoms with Gasteiger partial charge in [0.15, 0.2) is 0 Å². The summed E-state index contributed by atoms with van der Waals surface area (Å²) in [5, 5.41) is 20.2. The summed E-state index contributed by atoms with van der Waals surface area (Å²) in [4.78, 5) is 23.4. The van der Waals surface area contributed by atoms with E-state index in [0.717, 1.165) is 10.0 Å². The molecule has 0 radical (unpaired) electrons. The Morgan fingerprint density at radius 1 is 1.31 bits per heavy atom. The van der Waals surface area contributed by atoms with E-state index in [-0.39, 0.29) is 6.42 Å². The molecular formula is C15H22BrN2O7P. The van der Waals surface area contributed by atoms with Crippen LogP contribution in [0.15, 0.2) is 28.7 Å². The van der Waals surface area contributed by atoms with Gasteiger partial charge in [-0.2, -0.15) is 4.67 Å². The van der Waals surface area contributed by atoms with E-state index in [1.807, 2.05) is 0 Å². The van der Waals surface area contributed by atoms with E-state index in [4.69, 9.17) is 20.6 Å². The van der Waals surface area contributed by atoms with Gasteiger partial charge in [-0.1, -0.05) is 28.1 Å². The Hall–Kier alpha value is -1.29. The first-order chi connectivity index (χ1) is 12.1. The Morgan fingerprint density at radius 3 is 2.35 bits per heavy atom. The second-order valence-corrected chi connectivity index (χ2v) is 8.66. The van der Waals surface area contributed by atoms with Crippen LogP contribution in [0, 0.1) is 5.92 Å². The van der Waals surface area contributed by atoms with Gasteiger partial charge in [0, 0.05) is 4.47 Å². The van der Waals surface area contributed by atoms with Crippen LogP contribution in [0.5, 0.6) is 0 Å². The molecule has 0 heterocycles. The Balaban J connectivity index is 3.03. The molecule has 0 aliphatic rings. The van der Waals surface area contributed by atoms with Crippen molar-refractivity contribution in [1.82, 2.24) is 5.32 Å². The van der Waals surface area contributed by atoms with Crippen LogP contribution in [0.2, 0.25) is 0 Å². The number of hydrogen-bond donors (Lipinski definition) is 4. The van der Waals surface area contributed by atoms with Crippen molar-refractivity contribution in [2.75, 3.05) is 6.16 Å². The van der Waals surface area contributed by atoms with E-state index in [0.29, 0.717) is 0 Å². The lowest BCUT2D eigenvalue weighted by Crippen LogP contribution is -2.43. The van der Waals surface area contributed by atoms with Crippen molar-refractivity contribution in [3.8, 4) is 0 Å². The first kappa shape index (κ1) is 22.8. The second kappa shape index (κ2) is 10.1. The number of nitrogens with two attached hydrogens (primary N) is 1. The molecule has 1 aromatic rings. The number of carboxylic acid groups (broad SMARTS) is 1. The highest BCUT2D eigenvalue weighted by Gasteiger charge is 2.35. The maximum absolute atomic E-state index is 12.5. The van der Waals surface area contributed by atoms with Crippen molar-refractivity contribution in [2.45, 2.75) is 32.5 Å². The quantitative estimate of drug-likeness (QED) is 0.182. The maximum atomic E-state index is 12.5. The van der Waals surface area contributed by atoms with Crippen LogP contribution < -0.4 is 11.1 Å². The lowest BCUT2D eigenvalue weighted by molar-refractivity contribution is -0.152. The largest absolute Gasteiger partial charge is 0.480 e. The molecule has 0 aromatic heterocycles. The summed E-state index contributed by atoms with van der Waals surface area (Å²) in [6.45, 7) is 2.69. The van der Waals surface area contributed by atoms with E-state index in [2.05, 4.69) is 25.9 Å². The Bertz CT molecular complexity index is 668. The van der Waals surface area contributed by atoms with E-state index in [1.54, 1.807) is 24.3 Å². The van der Waals surface area contributed by atoms with Gasteiger partial charge in [0.1, 0.15) is 12.3 Å². The van der Waals surface area contributed by atoms with Gasteiger partial charge >= 0.3 is 13.6 Å². The summed E-state index contributed by atoms with van der Waals surface area (Å²) in [6, 6.07) is 5.90. The summed E-state index contributed by atoms with van der Waals surface area (Å²) >= 11 is 3.30. The van der Waals surface area contributed by atoms with Crippen molar-refractivity contribution < 1.29 is 33.7 Å². The van der Waals surface area contributed by atoms with Crippen LogP contribution in [0.1, 0.15) is 19.4 Å². The summed E-state index contributed by atoms with van der Waals surface area (Å²) in [6.07, 6.45) is -1.34. The van der Waals surface area contributed by atoms with Crippen LogP contribution in [-0.4, -0.2) is 40.7 Å². The van der Waals surface area contributed by atoms with Gasteiger partial charge in [0.05, 0.1) is 12.1 Å². The number of rotatable bonds is 10. The first-order valence-corrected chi connectivity index (χ1v) is 10.2. The van der Waals surface area contributed by atoms with Gasteiger partial charge in [0.2, 0.25) is 5.91 Å². The molecule has 5 N–H and O–H groups in total. The number of carbonyl (C=O) groups excluding carboxylic acids is 1. The number of nitrogens with one attached hydrogen (secondary N) is 1. The molecule has 1 rings (SSSR count). The zero-order valence-electron chi connectivity index (χ0n) is 14.3. The molecule has 26 heavy (non-hydrogen) atoms. The van der Waals surface area contributed by atoms with E-state index >= 15 is 0 Å². The minimum Gasteiger partial charge on any atom is -0.480 e. The highest BCUT2D eigenvalue weighted by molar-refractivity contribution is 9.10. The average molecular weight is 453 g/mol. The first-order valence-electron chi connectivity index (χ1n) is 7.70. The lowest BCUT2D eigenvalue weighted by atomic mass is 10.00. The van der Waals surface area contributed by atoms with Crippen LogP contribution in [0.4, 0.5) is 0 Å². The third-order valence-electron chi connectivity index (χ3n) is 3.39. The summed E-state index contributed by atoms with van der Waals surface area (Å²) in [5.41, 5.74) is 6.16. The van der Waals surface area contributed by atoms with Gasteiger partial charge < -0.3 is 16.2 Å². The molecule has 0 aliphatic heterocycles. The standard InChI is InChI=1S/C15H22BrN2O7P/c1-9(15(20)21)18-14(19)12(7-11-3-5-13(16)6-4-11)8-26(23,25-22)24-10(2)17/h3-6,9-10,12,22H,7-8,17H2,1-2H3,(H,18,19)(H,20,21). The zero-order valence-corrected chi connectivity index (χ0v) is 16.8. The van der Waals surface area contributed by atoms with Gasteiger partial charge in [-0.3, -0.25) is 18.7 Å². The predicted octanol–water partition coefficient (Wildman–Crippen LogP) is 2.20. The van der Waals surface area contributed by atoms with Crippen molar-refractivity contribution in [2.24, 2.45) is 11.7 Å². The normalized spacial score (nSPS) is 17.0. The molecule has 1 amide bonds. The number of hydrogen-bond acceptors (Lipinski definition) is 7. The second-order valence-electron chi connectivity index (χ2n) is 5.78. The summed E-state index contributed by atoms with van der Waals surface area (Å²) in [5.74, 6) is -2.85. The minimum atomic E-state index is -4.07. The monoisotopic (exact) mass is 452 g/mol. The molecule has 146 valence electrons. The molecule has 1 aromatic carbocycles. The summed E-state index contributed by atoms with van der Waals surface area (Å²) < 4.78 is 22.3. The Morgan fingerprint density at radius 2 is 1.88 bits per heavy atom. The fourth-order valence-corrected chi connectivity index (χ4v) is 3.95. The smallest absolute Gasteiger partial charge is 0.360 e. The number of amides is 1. The van der Waals surface area contributed by atoms with E-state index in [1.165, 1.54) is 13.8 Å². The zero-order chi connectivity index (χ0) is 19.9. The fraction of sp³-hybridized carbons (Fsp3) is 0.467. The Kier molecular flexibility index (Phi) is 8.88. The van der Waals surface area contributed by atoms with E-state index < -0.39 is 43.8 Å². The molecule has 11 heteroatoms. The van der Waals surface area contributed by atoms with Gasteiger partial charge in [-0.05, 0) is 38.0 Å². The maximum Gasteiger partial charge on any atom is 0.360 e. The molecule has 0 spiro atoms. The van der Waals surface area contributed by atoms with Gasteiger partial charge in [0.25, 0.3) is 0 Å². The third-order valence-corrected chi connectivity index (χ3v) is 5.71. The number of benzene rings is 1. The van der Waals surface area contributed by atoms with Crippen molar-refractivity contribution in [1.29, 1.82) is 0 Å². The average Bonchev–Trinajstić information content (AvgIpc) is 2.55. The SMILES string of the molecule is CC(N)OP(=O)(CC(Cc1ccc(Br)cc1)C(=O)NC(C)C(=O)O)OO. The molecule has 4 unspecified atom stereocenters. The minimum absolute atomic E-state index is 0.126.